The molecule has 0 radical (unpaired) electrons. The molecule has 0 amide bonds. The molecule has 0 spiro atoms. The molecule has 0 aromatic heterocycles. The molecule has 13 heteroatoms. The summed E-state index contributed by atoms with van der Waals surface area (Å²) in [5.74, 6) is -15.7. The van der Waals surface area contributed by atoms with Gasteiger partial charge >= 0.3 is 24.3 Å². The van der Waals surface area contributed by atoms with Gasteiger partial charge in [0.25, 0.3) is 5.92 Å². The van der Waals surface area contributed by atoms with Gasteiger partial charge in [0.05, 0.1) is 6.61 Å². The van der Waals surface area contributed by atoms with Crippen molar-refractivity contribution in [1.82, 2.24) is 0 Å². The third-order valence-corrected chi connectivity index (χ3v) is 6.08. The molecular formula is C15H13F11O2. The number of halogens is 11. The number of rotatable bonds is 4. The highest BCUT2D eigenvalue weighted by atomic mass is 19.4. The Balaban J connectivity index is 2.03. The maximum Gasteiger partial charge on any atom is 0.453 e. The standard InChI is InChI=1S/C15H13F11O2/c1-27-12(14(21,22)23,15(24,25)26)28-5-10(13(18,19)20)8-6-2-3-7(4-6)9(8)11(10,16)17/h2-3,6-9H,4-5H2,1H3. The fraction of sp³-hybridized carbons (Fsp3) is 0.867. The number of hydrogen-bond donors (Lipinski definition) is 0. The van der Waals surface area contributed by atoms with E-state index in [1.165, 1.54) is 12.2 Å². The summed E-state index contributed by atoms with van der Waals surface area (Å²) in [6.45, 7) is -2.55. The van der Waals surface area contributed by atoms with Crippen molar-refractivity contribution in [2.24, 2.45) is 29.1 Å². The summed E-state index contributed by atoms with van der Waals surface area (Å²) in [5.41, 5.74) is -4.19. The Hall–Kier alpha value is -1.11. The van der Waals surface area contributed by atoms with Crippen LogP contribution in [0.3, 0.4) is 0 Å². The van der Waals surface area contributed by atoms with E-state index in [1.807, 2.05) is 0 Å². The fourth-order valence-electron chi connectivity index (χ4n) is 4.89. The molecule has 0 aliphatic heterocycles. The van der Waals surface area contributed by atoms with Crippen molar-refractivity contribution in [3.05, 3.63) is 12.2 Å². The highest BCUT2D eigenvalue weighted by Gasteiger charge is 2.89. The fourth-order valence-corrected chi connectivity index (χ4v) is 4.89. The van der Waals surface area contributed by atoms with Gasteiger partial charge in [-0.05, 0) is 24.2 Å². The molecule has 162 valence electrons. The zero-order valence-electron chi connectivity index (χ0n) is 13.9. The summed E-state index contributed by atoms with van der Waals surface area (Å²) in [4.78, 5) is 0. The lowest BCUT2D eigenvalue weighted by molar-refractivity contribution is -0.488. The van der Waals surface area contributed by atoms with Crippen molar-refractivity contribution in [3.8, 4) is 0 Å². The molecule has 5 unspecified atom stereocenters. The van der Waals surface area contributed by atoms with Gasteiger partial charge in [-0.25, -0.2) is 8.78 Å². The molecule has 2 nitrogen and oxygen atoms in total. The molecule has 3 aliphatic carbocycles. The lowest BCUT2D eigenvalue weighted by Crippen LogP contribution is -2.76. The van der Waals surface area contributed by atoms with E-state index in [0.717, 1.165) is 0 Å². The van der Waals surface area contributed by atoms with E-state index in [-0.39, 0.29) is 13.5 Å². The molecule has 0 heterocycles. The highest BCUT2D eigenvalue weighted by Crippen LogP contribution is 2.77. The summed E-state index contributed by atoms with van der Waals surface area (Å²) in [7, 11) is -0.0801. The number of ether oxygens (including phenoxy) is 2. The van der Waals surface area contributed by atoms with Crippen molar-refractivity contribution in [2.75, 3.05) is 13.7 Å². The Morgan fingerprint density at radius 3 is 1.71 bits per heavy atom. The van der Waals surface area contributed by atoms with Crippen molar-refractivity contribution < 1.29 is 57.8 Å². The third-order valence-electron chi connectivity index (χ3n) is 6.08. The van der Waals surface area contributed by atoms with Gasteiger partial charge in [0.15, 0.2) is 5.41 Å². The molecule has 0 saturated heterocycles. The molecule has 2 saturated carbocycles. The molecule has 28 heavy (non-hydrogen) atoms. The van der Waals surface area contributed by atoms with Crippen LogP contribution in [0.2, 0.25) is 0 Å². The van der Waals surface area contributed by atoms with Crippen LogP contribution in [0.4, 0.5) is 48.3 Å². The van der Waals surface area contributed by atoms with E-state index in [2.05, 4.69) is 9.47 Å². The van der Waals surface area contributed by atoms with Crippen molar-refractivity contribution in [2.45, 2.75) is 36.7 Å². The van der Waals surface area contributed by atoms with Gasteiger partial charge in [0, 0.05) is 13.0 Å². The van der Waals surface area contributed by atoms with E-state index >= 15 is 0 Å². The Labute approximate surface area is 150 Å². The van der Waals surface area contributed by atoms with Crippen LogP contribution in [-0.4, -0.2) is 44.0 Å². The second-order valence-corrected chi connectivity index (χ2v) is 7.20. The summed E-state index contributed by atoms with van der Waals surface area (Å²) >= 11 is 0. The van der Waals surface area contributed by atoms with Crippen LogP contribution in [0.15, 0.2) is 12.2 Å². The third kappa shape index (κ3) is 2.34. The quantitative estimate of drug-likeness (QED) is 0.348. The Bertz CT molecular complexity index is 648. The largest absolute Gasteiger partial charge is 0.453 e. The average Bonchev–Trinajstić information content (AvgIpc) is 3.06. The van der Waals surface area contributed by atoms with Crippen LogP contribution in [0.25, 0.3) is 0 Å². The SMILES string of the molecule is COC(OCC1(C(F)(F)F)C2C3C=CC(C3)C2C1(F)F)(C(F)(F)F)C(F)(F)F. The summed E-state index contributed by atoms with van der Waals surface area (Å²) in [5, 5.41) is 0. The first-order valence-electron chi connectivity index (χ1n) is 7.93. The predicted molar refractivity (Wildman–Crippen MR) is 69.0 cm³/mol. The Kier molecular flexibility index (Phi) is 4.42. The van der Waals surface area contributed by atoms with Crippen molar-refractivity contribution >= 4 is 0 Å². The van der Waals surface area contributed by atoms with Gasteiger partial charge < -0.3 is 9.47 Å². The van der Waals surface area contributed by atoms with Crippen LogP contribution >= 0.6 is 0 Å². The van der Waals surface area contributed by atoms with E-state index in [4.69, 9.17) is 0 Å². The number of methoxy groups -OCH3 is 1. The minimum Gasteiger partial charge on any atom is -0.339 e. The number of hydrogen-bond acceptors (Lipinski definition) is 2. The second-order valence-electron chi connectivity index (χ2n) is 7.20. The van der Waals surface area contributed by atoms with E-state index in [0.29, 0.717) is 0 Å². The van der Waals surface area contributed by atoms with Gasteiger partial charge in [0.2, 0.25) is 0 Å². The molecular weight excluding hydrogens is 421 g/mol. The van der Waals surface area contributed by atoms with E-state index < -0.39 is 65.9 Å². The minimum atomic E-state index is -6.36. The maximum absolute atomic E-state index is 14.6. The van der Waals surface area contributed by atoms with Crippen molar-refractivity contribution in [3.63, 3.8) is 0 Å². The first-order valence-corrected chi connectivity index (χ1v) is 7.93. The highest BCUT2D eigenvalue weighted by molar-refractivity contribution is 5.30. The summed E-state index contributed by atoms with van der Waals surface area (Å²) in [6, 6.07) is 0. The summed E-state index contributed by atoms with van der Waals surface area (Å²) < 4.78 is 155. The molecule has 2 fully saturated rings. The predicted octanol–water partition coefficient (Wildman–Crippen LogP) is 5.11. The molecule has 5 atom stereocenters. The lowest BCUT2D eigenvalue weighted by atomic mass is 9.47. The van der Waals surface area contributed by atoms with Crippen LogP contribution in [0.1, 0.15) is 6.42 Å². The van der Waals surface area contributed by atoms with Crippen LogP contribution in [-0.2, 0) is 9.47 Å². The molecule has 0 aromatic rings. The maximum atomic E-state index is 14.6. The first kappa shape index (κ1) is 21.6. The Morgan fingerprint density at radius 1 is 0.857 bits per heavy atom. The zero-order valence-corrected chi connectivity index (χ0v) is 13.9. The lowest BCUT2D eigenvalue weighted by Gasteiger charge is -2.61. The minimum absolute atomic E-state index is 0.0727. The molecule has 3 aliphatic rings. The van der Waals surface area contributed by atoms with Gasteiger partial charge in [-0.1, -0.05) is 12.2 Å². The van der Waals surface area contributed by atoms with Gasteiger partial charge in [0.1, 0.15) is 0 Å². The second kappa shape index (κ2) is 5.73. The normalized spacial score (nSPS) is 37.1. The molecule has 2 bridgehead atoms. The molecule has 3 rings (SSSR count). The monoisotopic (exact) mass is 434 g/mol. The van der Waals surface area contributed by atoms with Crippen LogP contribution in [0, 0.1) is 29.1 Å². The van der Waals surface area contributed by atoms with Crippen LogP contribution < -0.4 is 0 Å². The van der Waals surface area contributed by atoms with Crippen LogP contribution in [0.5, 0.6) is 0 Å². The molecule has 0 aromatic carbocycles. The first-order chi connectivity index (χ1) is 12.5. The van der Waals surface area contributed by atoms with E-state index in [9.17, 15) is 48.3 Å². The topological polar surface area (TPSA) is 18.5 Å². The van der Waals surface area contributed by atoms with Gasteiger partial charge in [-0.2, -0.15) is 39.5 Å². The Morgan fingerprint density at radius 2 is 1.32 bits per heavy atom. The van der Waals surface area contributed by atoms with E-state index in [1.54, 1.807) is 0 Å². The molecule has 0 N–H and O–H groups in total. The van der Waals surface area contributed by atoms with Crippen molar-refractivity contribution in [1.29, 1.82) is 0 Å². The smallest absolute Gasteiger partial charge is 0.339 e. The average molecular weight is 434 g/mol. The zero-order chi connectivity index (χ0) is 21.6. The van der Waals surface area contributed by atoms with Gasteiger partial charge in [-0.15, -0.1) is 0 Å². The summed E-state index contributed by atoms with van der Waals surface area (Å²) in [6.07, 6.45) is -16.1. The number of alkyl halides is 11. The van der Waals surface area contributed by atoms with Gasteiger partial charge in [-0.3, -0.25) is 0 Å². The number of allylic oxidation sites excluding steroid dienone is 2. The number of fused-ring (bicyclic) bond motifs is 5.